The molecule has 0 saturated carbocycles. The molecule has 0 bridgehead atoms. The van der Waals surface area contributed by atoms with Gasteiger partial charge in [0.2, 0.25) is 0 Å². The SMILES string of the molecule is N/C(C=O)=C(\N(N)c1ccc(Br)cc1)C(F)(F)F. The van der Waals surface area contributed by atoms with Crippen LogP contribution in [0.25, 0.3) is 0 Å². The number of allylic oxidation sites excluding steroid dienone is 2. The molecule has 0 saturated heterocycles. The van der Waals surface area contributed by atoms with Crippen molar-refractivity contribution in [1.82, 2.24) is 0 Å². The highest BCUT2D eigenvalue weighted by molar-refractivity contribution is 9.10. The molecule has 0 aliphatic rings. The van der Waals surface area contributed by atoms with Crippen molar-refractivity contribution < 1.29 is 18.0 Å². The van der Waals surface area contributed by atoms with Crippen molar-refractivity contribution in [2.24, 2.45) is 11.6 Å². The molecule has 1 aromatic rings. The van der Waals surface area contributed by atoms with Gasteiger partial charge in [0.05, 0.1) is 5.69 Å². The summed E-state index contributed by atoms with van der Waals surface area (Å²) < 4.78 is 38.9. The minimum Gasteiger partial charge on any atom is -0.394 e. The number of halogens is 4. The second-order valence-corrected chi connectivity index (χ2v) is 4.18. The van der Waals surface area contributed by atoms with Crippen LogP contribution < -0.4 is 16.6 Å². The highest BCUT2D eigenvalue weighted by Gasteiger charge is 2.40. The molecule has 0 unspecified atom stereocenters. The Morgan fingerprint density at radius 2 is 1.78 bits per heavy atom. The van der Waals surface area contributed by atoms with Crippen molar-refractivity contribution in [2.45, 2.75) is 6.18 Å². The Hall–Kier alpha value is -1.54. The molecule has 4 N–H and O–H groups in total. The molecule has 0 aliphatic carbocycles. The van der Waals surface area contributed by atoms with Gasteiger partial charge in [-0.05, 0) is 24.3 Å². The van der Waals surface area contributed by atoms with E-state index < -0.39 is 17.6 Å². The number of anilines is 1. The van der Waals surface area contributed by atoms with Gasteiger partial charge in [0.1, 0.15) is 5.70 Å². The Balaban J connectivity index is 3.24. The van der Waals surface area contributed by atoms with Gasteiger partial charge in [-0.25, -0.2) is 5.84 Å². The fourth-order valence-corrected chi connectivity index (χ4v) is 1.49. The molecule has 0 atom stereocenters. The number of carbonyl (C=O) groups excluding carboxylic acids is 1. The summed E-state index contributed by atoms with van der Waals surface area (Å²) >= 11 is 3.14. The quantitative estimate of drug-likeness (QED) is 0.386. The Kier molecular flexibility index (Phi) is 4.36. The number of aldehydes is 1. The molecule has 1 aromatic carbocycles. The van der Waals surface area contributed by atoms with Gasteiger partial charge in [-0.1, -0.05) is 15.9 Å². The Labute approximate surface area is 109 Å². The maximum Gasteiger partial charge on any atom is 0.435 e. The standard InChI is InChI=1S/C10H9BrF3N3O/c11-6-1-3-7(4-2-6)17(16)9(8(15)5-18)10(12,13)14/h1-5H,15-16H2/b9-8-. The summed E-state index contributed by atoms with van der Waals surface area (Å²) in [4.78, 5) is 10.4. The lowest BCUT2D eigenvalue weighted by Crippen LogP contribution is -2.40. The first-order valence-electron chi connectivity index (χ1n) is 4.60. The molecule has 8 heteroatoms. The highest BCUT2D eigenvalue weighted by atomic mass is 79.9. The lowest BCUT2D eigenvalue weighted by Gasteiger charge is -2.24. The van der Waals surface area contributed by atoms with Crippen LogP contribution in [0.3, 0.4) is 0 Å². The Morgan fingerprint density at radius 3 is 2.17 bits per heavy atom. The van der Waals surface area contributed by atoms with Gasteiger partial charge in [0.25, 0.3) is 0 Å². The topological polar surface area (TPSA) is 72.4 Å². The van der Waals surface area contributed by atoms with Crippen LogP contribution in [0.2, 0.25) is 0 Å². The number of hydrogen-bond acceptors (Lipinski definition) is 4. The van der Waals surface area contributed by atoms with Crippen molar-refractivity contribution in [2.75, 3.05) is 5.01 Å². The van der Waals surface area contributed by atoms with E-state index in [1.165, 1.54) is 24.3 Å². The zero-order valence-electron chi connectivity index (χ0n) is 8.91. The minimum atomic E-state index is -4.83. The molecular formula is C10H9BrF3N3O. The van der Waals surface area contributed by atoms with Crippen molar-refractivity contribution in [3.63, 3.8) is 0 Å². The summed E-state index contributed by atoms with van der Waals surface area (Å²) in [5.74, 6) is 5.35. The van der Waals surface area contributed by atoms with E-state index in [0.717, 1.165) is 0 Å². The number of alkyl halides is 3. The van der Waals surface area contributed by atoms with E-state index in [-0.39, 0.29) is 12.0 Å². The van der Waals surface area contributed by atoms with Gasteiger partial charge in [-0.2, -0.15) is 13.2 Å². The van der Waals surface area contributed by atoms with E-state index in [2.05, 4.69) is 15.9 Å². The predicted molar refractivity (Wildman–Crippen MR) is 64.1 cm³/mol. The molecule has 1 rings (SSSR count). The van der Waals surface area contributed by atoms with Crippen LogP contribution in [0, 0.1) is 0 Å². The van der Waals surface area contributed by atoms with Crippen LogP contribution in [0.5, 0.6) is 0 Å². The maximum absolute atomic E-state index is 12.7. The van der Waals surface area contributed by atoms with Crippen molar-refractivity contribution >= 4 is 27.9 Å². The number of carbonyl (C=O) groups is 1. The summed E-state index contributed by atoms with van der Waals surface area (Å²) in [6.45, 7) is 0. The van der Waals surface area contributed by atoms with Crippen molar-refractivity contribution in [3.8, 4) is 0 Å². The summed E-state index contributed by atoms with van der Waals surface area (Å²) in [7, 11) is 0. The number of benzene rings is 1. The summed E-state index contributed by atoms with van der Waals surface area (Å²) in [6, 6.07) is 5.74. The molecule has 4 nitrogen and oxygen atoms in total. The first-order chi connectivity index (χ1) is 8.27. The third-order valence-electron chi connectivity index (χ3n) is 2.01. The van der Waals surface area contributed by atoms with E-state index in [0.29, 0.717) is 9.48 Å². The Morgan fingerprint density at radius 1 is 1.28 bits per heavy atom. The number of nitrogens with two attached hydrogens (primary N) is 2. The van der Waals surface area contributed by atoms with Crippen LogP contribution in [-0.4, -0.2) is 12.5 Å². The third kappa shape index (κ3) is 3.23. The van der Waals surface area contributed by atoms with Gasteiger partial charge in [-0.15, -0.1) is 0 Å². The van der Waals surface area contributed by atoms with E-state index >= 15 is 0 Å². The molecule has 0 spiro atoms. The van der Waals surface area contributed by atoms with Gasteiger partial charge in [0, 0.05) is 4.47 Å². The van der Waals surface area contributed by atoms with E-state index in [1.807, 2.05) is 0 Å². The Bertz CT molecular complexity index is 470. The monoisotopic (exact) mass is 323 g/mol. The fraction of sp³-hybridized carbons (Fsp3) is 0.100. The molecule has 18 heavy (non-hydrogen) atoms. The van der Waals surface area contributed by atoms with Crippen molar-refractivity contribution in [1.29, 1.82) is 0 Å². The van der Waals surface area contributed by atoms with E-state index in [4.69, 9.17) is 11.6 Å². The lowest BCUT2D eigenvalue weighted by atomic mass is 10.2. The van der Waals surface area contributed by atoms with Crippen LogP contribution in [-0.2, 0) is 4.79 Å². The molecule has 0 amide bonds. The fourth-order valence-electron chi connectivity index (χ4n) is 1.23. The molecule has 0 radical (unpaired) electrons. The molecule has 0 heterocycles. The third-order valence-corrected chi connectivity index (χ3v) is 2.54. The molecule has 0 fully saturated rings. The van der Waals surface area contributed by atoms with Crippen LogP contribution >= 0.6 is 15.9 Å². The summed E-state index contributed by atoms with van der Waals surface area (Å²) in [5, 5.41) is 0.330. The first-order valence-corrected chi connectivity index (χ1v) is 5.39. The van der Waals surface area contributed by atoms with E-state index in [1.54, 1.807) is 0 Å². The van der Waals surface area contributed by atoms with Gasteiger partial charge < -0.3 is 5.73 Å². The lowest BCUT2D eigenvalue weighted by molar-refractivity contribution is -0.108. The average molecular weight is 324 g/mol. The van der Waals surface area contributed by atoms with Crippen LogP contribution in [0.1, 0.15) is 0 Å². The minimum absolute atomic E-state index is 0.0512. The molecule has 0 aromatic heterocycles. The van der Waals surface area contributed by atoms with Crippen LogP contribution in [0.4, 0.5) is 18.9 Å². The van der Waals surface area contributed by atoms with Crippen LogP contribution in [0.15, 0.2) is 40.1 Å². The van der Waals surface area contributed by atoms with Gasteiger partial charge in [0.15, 0.2) is 12.0 Å². The van der Waals surface area contributed by atoms with Gasteiger partial charge in [-0.3, -0.25) is 9.80 Å². The zero-order chi connectivity index (χ0) is 13.9. The highest BCUT2D eigenvalue weighted by Crippen LogP contribution is 2.31. The average Bonchev–Trinajstić information content (AvgIpc) is 2.27. The van der Waals surface area contributed by atoms with Crippen molar-refractivity contribution in [3.05, 3.63) is 40.1 Å². The number of hydrazine groups is 1. The smallest absolute Gasteiger partial charge is 0.394 e. The summed E-state index contributed by atoms with van der Waals surface area (Å²) in [5.41, 5.74) is 2.70. The number of hydrogen-bond donors (Lipinski definition) is 2. The summed E-state index contributed by atoms with van der Waals surface area (Å²) in [6.07, 6.45) is -4.92. The van der Waals surface area contributed by atoms with Gasteiger partial charge >= 0.3 is 6.18 Å². The molecule has 98 valence electrons. The second kappa shape index (κ2) is 5.40. The first kappa shape index (κ1) is 14.5. The molecular weight excluding hydrogens is 315 g/mol. The predicted octanol–water partition coefficient (Wildman–Crippen LogP) is 2.06. The molecule has 0 aliphatic heterocycles. The number of nitrogens with zero attached hydrogens (tertiary/aromatic N) is 1. The number of rotatable bonds is 3. The zero-order valence-corrected chi connectivity index (χ0v) is 10.5. The van der Waals surface area contributed by atoms with E-state index in [9.17, 15) is 18.0 Å². The normalized spacial score (nSPS) is 12.9. The maximum atomic E-state index is 12.7. The second-order valence-electron chi connectivity index (χ2n) is 3.27. The largest absolute Gasteiger partial charge is 0.435 e.